The highest BCUT2D eigenvalue weighted by Gasteiger charge is 2.06. The molecule has 0 spiro atoms. The third-order valence-corrected chi connectivity index (χ3v) is 2.48. The normalized spacial score (nSPS) is 10.2. The minimum Gasteiger partial charge on any atom is -0.330 e. The van der Waals surface area contributed by atoms with Gasteiger partial charge in [-0.25, -0.2) is 8.78 Å². The van der Waals surface area contributed by atoms with Gasteiger partial charge in [0.15, 0.2) is 11.6 Å². The number of hydrogen-bond donors (Lipinski definition) is 1. The van der Waals surface area contributed by atoms with E-state index in [0.29, 0.717) is 12.1 Å². The number of hydrogen-bond acceptors (Lipinski definition) is 2. The Labute approximate surface area is 110 Å². The largest absolute Gasteiger partial charge is 0.330 e. The van der Waals surface area contributed by atoms with Crippen molar-refractivity contribution in [1.82, 2.24) is 9.78 Å². The van der Waals surface area contributed by atoms with E-state index < -0.39 is 11.6 Å². The van der Waals surface area contributed by atoms with Crippen LogP contribution in [-0.4, -0.2) is 16.3 Å². The summed E-state index contributed by atoms with van der Waals surface area (Å²) in [7, 11) is 0. The molecule has 2 N–H and O–H groups in total. The zero-order chi connectivity index (χ0) is 12.3. The van der Waals surface area contributed by atoms with Crippen LogP contribution >= 0.6 is 12.4 Å². The molecule has 18 heavy (non-hydrogen) atoms. The standard InChI is InChI=1S/C12H13F2N3.ClH/c13-11-3-2-9(6-12(11)14)10-7-16-17(8-10)5-1-4-15;/h2-3,6-8H,1,4-5,15H2;1H. The van der Waals surface area contributed by atoms with E-state index in [1.165, 1.54) is 12.1 Å². The van der Waals surface area contributed by atoms with Gasteiger partial charge in [0.2, 0.25) is 0 Å². The van der Waals surface area contributed by atoms with Crippen molar-refractivity contribution in [2.24, 2.45) is 5.73 Å². The Morgan fingerprint density at radius 1 is 1.17 bits per heavy atom. The molecule has 0 aliphatic rings. The second-order valence-electron chi connectivity index (χ2n) is 3.76. The minimum absolute atomic E-state index is 0. The third-order valence-electron chi connectivity index (χ3n) is 2.48. The third kappa shape index (κ3) is 3.27. The lowest BCUT2D eigenvalue weighted by molar-refractivity contribution is 0.509. The van der Waals surface area contributed by atoms with Gasteiger partial charge in [0.1, 0.15) is 0 Å². The summed E-state index contributed by atoms with van der Waals surface area (Å²) in [6.45, 7) is 1.32. The van der Waals surface area contributed by atoms with E-state index in [4.69, 9.17) is 5.73 Å². The molecule has 0 radical (unpaired) electrons. The first-order valence-electron chi connectivity index (χ1n) is 5.38. The average molecular weight is 274 g/mol. The Bertz CT molecular complexity index is 514. The first-order valence-corrected chi connectivity index (χ1v) is 5.38. The van der Waals surface area contributed by atoms with Crippen molar-refractivity contribution in [3.8, 4) is 11.1 Å². The van der Waals surface area contributed by atoms with Gasteiger partial charge in [0.05, 0.1) is 6.20 Å². The molecule has 0 fully saturated rings. The maximum absolute atomic E-state index is 13.1. The molecule has 1 heterocycles. The molecule has 1 aromatic carbocycles. The topological polar surface area (TPSA) is 43.8 Å². The van der Waals surface area contributed by atoms with E-state index in [2.05, 4.69) is 5.10 Å². The molecule has 3 nitrogen and oxygen atoms in total. The van der Waals surface area contributed by atoms with Crippen molar-refractivity contribution in [3.63, 3.8) is 0 Å². The minimum atomic E-state index is -0.850. The van der Waals surface area contributed by atoms with E-state index in [1.54, 1.807) is 17.1 Å². The zero-order valence-electron chi connectivity index (χ0n) is 9.64. The predicted octanol–water partition coefficient (Wildman–Crippen LogP) is 2.60. The molecule has 0 unspecified atom stereocenters. The van der Waals surface area contributed by atoms with E-state index >= 15 is 0 Å². The molecule has 2 aromatic rings. The van der Waals surface area contributed by atoms with Gasteiger partial charge in [-0.3, -0.25) is 4.68 Å². The molecule has 2 rings (SSSR count). The van der Waals surface area contributed by atoms with Crippen LogP contribution < -0.4 is 5.73 Å². The maximum atomic E-state index is 13.1. The summed E-state index contributed by atoms with van der Waals surface area (Å²) < 4.78 is 27.6. The summed E-state index contributed by atoms with van der Waals surface area (Å²) in [6.07, 6.45) is 4.25. The first kappa shape index (κ1) is 14.6. The van der Waals surface area contributed by atoms with Crippen molar-refractivity contribution >= 4 is 12.4 Å². The molecule has 0 saturated heterocycles. The maximum Gasteiger partial charge on any atom is 0.159 e. The Balaban J connectivity index is 0.00000162. The van der Waals surface area contributed by atoms with Crippen molar-refractivity contribution in [2.75, 3.05) is 6.54 Å². The highest BCUT2D eigenvalue weighted by atomic mass is 35.5. The molecule has 0 aliphatic heterocycles. The van der Waals surface area contributed by atoms with Crippen molar-refractivity contribution in [3.05, 3.63) is 42.2 Å². The summed E-state index contributed by atoms with van der Waals surface area (Å²) in [6, 6.07) is 3.81. The van der Waals surface area contributed by atoms with Crippen LogP contribution in [0.5, 0.6) is 0 Å². The van der Waals surface area contributed by atoms with Gasteiger partial charge in [0, 0.05) is 18.3 Å². The number of nitrogens with two attached hydrogens (primary N) is 1. The molecule has 0 atom stereocenters. The van der Waals surface area contributed by atoms with E-state index in [1.807, 2.05) is 0 Å². The average Bonchev–Trinajstić information content (AvgIpc) is 2.79. The zero-order valence-corrected chi connectivity index (χ0v) is 10.5. The van der Waals surface area contributed by atoms with Gasteiger partial charge in [-0.15, -0.1) is 12.4 Å². The fourth-order valence-electron chi connectivity index (χ4n) is 1.56. The lowest BCUT2D eigenvalue weighted by Gasteiger charge is -1.99. The smallest absolute Gasteiger partial charge is 0.159 e. The van der Waals surface area contributed by atoms with Crippen LogP contribution in [0.25, 0.3) is 11.1 Å². The van der Waals surface area contributed by atoms with Gasteiger partial charge >= 0.3 is 0 Å². The number of aryl methyl sites for hydroxylation is 1. The van der Waals surface area contributed by atoms with Crippen molar-refractivity contribution in [1.29, 1.82) is 0 Å². The van der Waals surface area contributed by atoms with Crippen LogP contribution in [0, 0.1) is 11.6 Å². The van der Waals surface area contributed by atoms with Gasteiger partial charge in [-0.1, -0.05) is 6.07 Å². The number of halogens is 3. The van der Waals surface area contributed by atoms with Crippen LogP contribution in [-0.2, 0) is 6.54 Å². The Hall–Kier alpha value is -1.46. The molecule has 0 amide bonds. The van der Waals surface area contributed by atoms with Gasteiger partial charge in [0.25, 0.3) is 0 Å². The van der Waals surface area contributed by atoms with Crippen molar-refractivity contribution < 1.29 is 8.78 Å². The quantitative estimate of drug-likeness (QED) is 0.931. The second kappa shape index (κ2) is 6.47. The van der Waals surface area contributed by atoms with Gasteiger partial charge in [-0.2, -0.15) is 5.10 Å². The van der Waals surface area contributed by atoms with E-state index in [-0.39, 0.29) is 12.4 Å². The number of aromatic nitrogens is 2. The SMILES string of the molecule is Cl.NCCCn1cc(-c2ccc(F)c(F)c2)cn1. The summed E-state index contributed by atoms with van der Waals surface area (Å²) in [5.74, 6) is -1.69. The Morgan fingerprint density at radius 2 is 1.94 bits per heavy atom. The monoisotopic (exact) mass is 273 g/mol. The van der Waals surface area contributed by atoms with Crippen LogP contribution in [0.2, 0.25) is 0 Å². The van der Waals surface area contributed by atoms with Crippen LogP contribution in [0.4, 0.5) is 8.78 Å². The van der Waals surface area contributed by atoms with Crippen molar-refractivity contribution in [2.45, 2.75) is 13.0 Å². The summed E-state index contributed by atoms with van der Waals surface area (Å²) in [5, 5.41) is 4.13. The molecule has 98 valence electrons. The van der Waals surface area contributed by atoms with E-state index in [9.17, 15) is 8.78 Å². The molecular formula is C12H14ClF2N3. The molecule has 0 bridgehead atoms. The summed E-state index contributed by atoms with van der Waals surface area (Å²) in [4.78, 5) is 0. The lowest BCUT2D eigenvalue weighted by Crippen LogP contribution is -2.05. The Morgan fingerprint density at radius 3 is 2.61 bits per heavy atom. The Kier molecular flexibility index (Phi) is 5.25. The lowest BCUT2D eigenvalue weighted by atomic mass is 10.1. The molecular weight excluding hydrogens is 260 g/mol. The molecule has 6 heteroatoms. The van der Waals surface area contributed by atoms with Gasteiger partial charge < -0.3 is 5.73 Å². The molecule has 1 aromatic heterocycles. The highest BCUT2D eigenvalue weighted by Crippen LogP contribution is 2.20. The summed E-state index contributed by atoms with van der Waals surface area (Å²) >= 11 is 0. The number of rotatable bonds is 4. The van der Waals surface area contributed by atoms with Crippen LogP contribution in [0.1, 0.15) is 6.42 Å². The summed E-state index contributed by atoms with van der Waals surface area (Å²) in [5.41, 5.74) is 6.78. The van der Waals surface area contributed by atoms with Crippen LogP contribution in [0.3, 0.4) is 0 Å². The molecule has 0 saturated carbocycles. The fourth-order valence-corrected chi connectivity index (χ4v) is 1.56. The van der Waals surface area contributed by atoms with Gasteiger partial charge in [-0.05, 0) is 30.7 Å². The number of benzene rings is 1. The highest BCUT2D eigenvalue weighted by molar-refractivity contribution is 5.85. The molecule has 0 aliphatic carbocycles. The van der Waals surface area contributed by atoms with E-state index in [0.717, 1.165) is 24.6 Å². The predicted molar refractivity (Wildman–Crippen MR) is 68.5 cm³/mol. The second-order valence-corrected chi connectivity index (χ2v) is 3.76. The fraction of sp³-hybridized carbons (Fsp3) is 0.250. The number of nitrogens with zero attached hydrogens (tertiary/aromatic N) is 2. The van der Waals surface area contributed by atoms with Crippen LogP contribution in [0.15, 0.2) is 30.6 Å². The first-order chi connectivity index (χ1) is 8.20.